The molecule has 2 unspecified atom stereocenters. The summed E-state index contributed by atoms with van der Waals surface area (Å²) in [5.41, 5.74) is 0. The molecule has 0 aliphatic heterocycles. The fourth-order valence-corrected chi connectivity index (χ4v) is 6.63. The van der Waals surface area contributed by atoms with Crippen molar-refractivity contribution in [2.45, 2.75) is 238 Å². The molecule has 0 aromatic carbocycles. The van der Waals surface area contributed by atoms with Crippen molar-refractivity contribution >= 4 is 11.9 Å². The lowest BCUT2D eigenvalue weighted by atomic mass is 10.0. The zero-order valence-electron chi connectivity index (χ0n) is 35.4. The van der Waals surface area contributed by atoms with Crippen LogP contribution in [0.3, 0.4) is 0 Å². The van der Waals surface area contributed by atoms with Crippen molar-refractivity contribution in [3.63, 3.8) is 0 Å². The van der Waals surface area contributed by atoms with Gasteiger partial charge in [0, 0.05) is 12.8 Å². The SMILES string of the molecule is CCCCCCCCCCCCCCCCCC(=O)OCC(O)COCC(O)COCC(O)COC(=O)CCCCCCCCCCCCCCCCC. The second-order valence-corrected chi connectivity index (χ2v) is 15.8. The Balaban J connectivity index is 3.51. The summed E-state index contributed by atoms with van der Waals surface area (Å²) >= 11 is 0. The quantitative estimate of drug-likeness (QED) is 0.0409. The van der Waals surface area contributed by atoms with Crippen LogP contribution >= 0.6 is 0 Å². The van der Waals surface area contributed by atoms with Gasteiger partial charge < -0.3 is 34.3 Å². The van der Waals surface area contributed by atoms with Crippen LogP contribution in [0.1, 0.15) is 219 Å². The Labute approximate surface area is 332 Å². The maximum absolute atomic E-state index is 12.0. The summed E-state index contributed by atoms with van der Waals surface area (Å²) in [5.74, 6) is -0.627. The molecule has 0 amide bonds. The highest BCUT2D eigenvalue weighted by molar-refractivity contribution is 5.69. The number of rotatable bonds is 44. The van der Waals surface area contributed by atoms with Crippen molar-refractivity contribution in [1.82, 2.24) is 0 Å². The van der Waals surface area contributed by atoms with Gasteiger partial charge in [0.05, 0.1) is 26.4 Å². The van der Waals surface area contributed by atoms with Crippen molar-refractivity contribution in [2.24, 2.45) is 0 Å². The summed E-state index contributed by atoms with van der Waals surface area (Å²) in [4.78, 5) is 24.0. The maximum atomic E-state index is 12.0. The van der Waals surface area contributed by atoms with Crippen LogP contribution in [0.2, 0.25) is 0 Å². The first kappa shape index (κ1) is 52.7. The highest BCUT2D eigenvalue weighted by Gasteiger charge is 2.13. The van der Waals surface area contributed by atoms with Crippen LogP contribution < -0.4 is 0 Å². The Morgan fingerprint density at radius 3 is 0.778 bits per heavy atom. The van der Waals surface area contributed by atoms with E-state index >= 15 is 0 Å². The molecule has 9 nitrogen and oxygen atoms in total. The van der Waals surface area contributed by atoms with Gasteiger partial charge in [-0.25, -0.2) is 0 Å². The van der Waals surface area contributed by atoms with E-state index in [-0.39, 0.29) is 51.6 Å². The molecule has 0 radical (unpaired) electrons. The predicted molar refractivity (Wildman–Crippen MR) is 221 cm³/mol. The fourth-order valence-electron chi connectivity index (χ4n) is 6.63. The van der Waals surface area contributed by atoms with Gasteiger partial charge in [-0.3, -0.25) is 9.59 Å². The monoisotopic (exact) mass is 773 g/mol. The molecule has 2 atom stereocenters. The second-order valence-electron chi connectivity index (χ2n) is 15.8. The van der Waals surface area contributed by atoms with Gasteiger partial charge in [0.2, 0.25) is 0 Å². The van der Waals surface area contributed by atoms with Gasteiger partial charge in [-0.05, 0) is 12.8 Å². The Morgan fingerprint density at radius 1 is 0.333 bits per heavy atom. The van der Waals surface area contributed by atoms with E-state index in [2.05, 4.69) is 13.8 Å². The first-order valence-corrected chi connectivity index (χ1v) is 22.9. The van der Waals surface area contributed by atoms with E-state index in [0.29, 0.717) is 12.8 Å². The summed E-state index contributed by atoms with van der Waals surface area (Å²) in [6.07, 6.45) is 36.0. The minimum Gasteiger partial charge on any atom is -0.463 e. The lowest BCUT2D eigenvalue weighted by Crippen LogP contribution is -2.30. The molecule has 322 valence electrons. The van der Waals surface area contributed by atoms with Crippen molar-refractivity contribution < 1.29 is 43.9 Å². The van der Waals surface area contributed by atoms with Crippen LogP contribution in [0.25, 0.3) is 0 Å². The van der Waals surface area contributed by atoms with Crippen molar-refractivity contribution in [2.75, 3.05) is 39.6 Å². The largest absolute Gasteiger partial charge is 0.463 e. The van der Waals surface area contributed by atoms with Gasteiger partial charge >= 0.3 is 11.9 Å². The Hall–Kier alpha value is -1.26. The fraction of sp³-hybridized carbons (Fsp3) is 0.956. The zero-order chi connectivity index (χ0) is 39.6. The maximum Gasteiger partial charge on any atom is 0.305 e. The number of unbranched alkanes of at least 4 members (excludes halogenated alkanes) is 28. The molecule has 0 aliphatic carbocycles. The summed E-state index contributed by atoms with van der Waals surface area (Å²) in [5, 5.41) is 30.1. The van der Waals surface area contributed by atoms with Crippen molar-refractivity contribution in [1.29, 1.82) is 0 Å². The van der Waals surface area contributed by atoms with Crippen LogP contribution in [0.5, 0.6) is 0 Å². The predicted octanol–water partition coefficient (Wildman–Crippen LogP) is 10.7. The van der Waals surface area contributed by atoms with Crippen LogP contribution in [-0.4, -0.2) is 85.2 Å². The molecule has 0 saturated carbocycles. The molecule has 0 spiro atoms. The number of esters is 2. The Bertz CT molecular complexity index is 718. The van der Waals surface area contributed by atoms with Gasteiger partial charge in [-0.1, -0.05) is 194 Å². The third kappa shape index (κ3) is 41.9. The number of carbonyl (C=O) groups is 2. The molecule has 0 aromatic rings. The average Bonchev–Trinajstić information content (AvgIpc) is 3.16. The van der Waals surface area contributed by atoms with Gasteiger partial charge in [0.25, 0.3) is 0 Å². The normalized spacial score (nSPS) is 13.2. The van der Waals surface area contributed by atoms with E-state index in [1.807, 2.05) is 0 Å². The molecule has 3 N–H and O–H groups in total. The smallest absolute Gasteiger partial charge is 0.305 e. The number of ether oxygens (including phenoxy) is 4. The van der Waals surface area contributed by atoms with Crippen LogP contribution in [0.15, 0.2) is 0 Å². The van der Waals surface area contributed by atoms with E-state index in [4.69, 9.17) is 18.9 Å². The molecule has 0 saturated heterocycles. The molecule has 0 aromatic heterocycles. The van der Waals surface area contributed by atoms with E-state index in [0.717, 1.165) is 38.5 Å². The van der Waals surface area contributed by atoms with Crippen molar-refractivity contribution in [3.05, 3.63) is 0 Å². The minimum absolute atomic E-state index is 0.0749. The highest BCUT2D eigenvalue weighted by atomic mass is 16.6. The Kier molecular flexibility index (Phi) is 41.9. The second kappa shape index (κ2) is 42.9. The van der Waals surface area contributed by atoms with Crippen LogP contribution in [0.4, 0.5) is 0 Å². The topological polar surface area (TPSA) is 132 Å². The number of aliphatic hydroxyl groups excluding tert-OH is 3. The lowest BCUT2D eigenvalue weighted by molar-refractivity contribution is -0.148. The first-order valence-electron chi connectivity index (χ1n) is 22.9. The summed E-state index contributed by atoms with van der Waals surface area (Å²) in [6, 6.07) is 0. The summed E-state index contributed by atoms with van der Waals surface area (Å²) < 4.78 is 21.0. The molecular formula is C45H88O9. The zero-order valence-corrected chi connectivity index (χ0v) is 35.4. The molecular weight excluding hydrogens is 684 g/mol. The first-order chi connectivity index (χ1) is 26.4. The van der Waals surface area contributed by atoms with Crippen LogP contribution in [0, 0.1) is 0 Å². The lowest BCUT2D eigenvalue weighted by Gasteiger charge is -2.16. The molecule has 9 heteroatoms. The molecule has 54 heavy (non-hydrogen) atoms. The molecule has 0 bridgehead atoms. The highest BCUT2D eigenvalue weighted by Crippen LogP contribution is 2.15. The standard InChI is InChI=1S/C45H88O9/c1-3-5-7-9-11-13-15-17-19-21-23-25-27-29-31-33-44(49)53-39-42(47)37-51-35-41(46)36-52-38-43(48)40-54-45(50)34-32-30-28-26-24-22-20-18-16-14-12-10-8-6-4-2/h41-43,46-48H,3-40H2,1-2H3. The van der Waals surface area contributed by atoms with E-state index in [9.17, 15) is 24.9 Å². The third-order valence-electron chi connectivity index (χ3n) is 10.1. The van der Waals surface area contributed by atoms with Gasteiger partial charge in [0.15, 0.2) is 0 Å². The molecule has 0 fully saturated rings. The van der Waals surface area contributed by atoms with E-state index in [1.54, 1.807) is 0 Å². The van der Waals surface area contributed by atoms with Crippen LogP contribution in [-0.2, 0) is 28.5 Å². The molecule has 0 rings (SSSR count). The number of aliphatic hydroxyl groups is 3. The number of hydrogen-bond acceptors (Lipinski definition) is 9. The van der Waals surface area contributed by atoms with Gasteiger partial charge in [-0.2, -0.15) is 0 Å². The third-order valence-corrected chi connectivity index (χ3v) is 10.1. The summed E-state index contributed by atoms with van der Waals surface area (Å²) in [6.45, 7) is 3.92. The average molecular weight is 773 g/mol. The molecule has 0 heterocycles. The van der Waals surface area contributed by atoms with Crippen molar-refractivity contribution in [3.8, 4) is 0 Å². The summed E-state index contributed by atoms with van der Waals surface area (Å²) in [7, 11) is 0. The van der Waals surface area contributed by atoms with Gasteiger partial charge in [-0.15, -0.1) is 0 Å². The number of carbonyl (C=O) groups excluding carboxylic acids is 2. The Morgan fingerprint density at radius 2 is 0.537 bits per heavy atom. The van der Waals surface area contributed by atoms with Gasteiger partial charge in [0.1, 0.15) is 31.5 Å². The number of hydrogen-bond donors (Lipinski definition) is 3. The van der Waals surface area contributed by atoms with E-state index in [1.165, 1.54) is 154 Å². The molecule has 0 aliphatic rings. The minimum atomic E-state index is -0.978. The van der Waals surface area contributed by atoms with E-state index < -0.39 is 18.3 Å².